The maximum Gasteiger partial charge on any atom is 0.152 e. The number of hydrogen-bond donors (Lipinski definition) is 2. The number of halogens is 1. The summed E-state index contributed by atoms with van der Waals surface area (Å²) >= 11 is 6.01. The zero-order chi connectivity index (χ0) is 15.2. The first-order valence-electron chi connectivity index (χ1n) is 6.72. The minimum absolute atomic E-state index is 0.249. The van der Waals surface area contributed by atoms with Crippen LogP contribution >= 0.6 is 11.6 Å². The average molecular weight is 305 g/mol. The molecule has 110 valence electrons. The van der Waals surface area contributed by atoms with Crippen LogP contribution in [0.15, 0.2) is 24.3 Å². The van der Waals surface area contributed by atoms with Crippen LogP contribution in [0.3, 0.4) is 0 Å². The number of pyridine rings is 1. The number of alkyl halides is 1. The van der Waals surface area contributed by atoms with Gasteiger partial charge in [0.15, 0.2) is 5.82 Å². The molecule has 3 rings (SSSR count). The Morgan fingerprint density at radius 3 is 2.67 bits per heavy atom. The minimum Gasteiger partial charge on any atom is -0.389 e. The second-order valence-corrected chi connectivity index (χ2v) is 6.04. The van der Waals surface area contributed by atoms with E-state index in [1.807, 2.05) is 28.8 Å². The van der Waals surface area contributed by atoms with E-state index in [0.717, 1.165) is 16.4 Å². The van der Waals surface area contributed by atoms with Gasteiger partial charge in [-0.15, -0.1) is 11.6 Å². The Hall–Kier alpha value is -1.85. The largest absolute Gasteiger partial charge is 0.389 e. The third kappa shape index (κ3) is 2.43. The van der Waals surface area contributed by atoms with Crippen molar-refractivity contribution in [2.24, 2.45) is 0 Å². The normalized spacial score (nSPS) is 12.4. The zero-order valence-corrected chi connectivity index (χ0v) is 12.7. The van der Waals surface area contributed by atoms with Crippen molar-refractivity contribution in [2.45, 2.75) is 31.9 Å². The number of aliphatic hydroxyl groups is 1. The van der Waals surface area contributed by atoms with E-state index in [0.29, 0.717) is 23.7 Å². The predicted molar refractivity (Wildman–Crippen MR) is 85.3 cm³/mol. The smallest absolute Gasteiger partial charge is 0.152 e. The zero-order valence-electron chi connectivity index (χ0n) is 12.0. The summed E-state index contributed by atoms with van der Waals surface area (Å²) in [5.74, 6) is 1.31. The van der Waals surface area contributed by atoms with E-state index in [2.05, 4.69) is 9.97 Å². The number of nitrogens with two attached hydrogens (primary N) is 1. The summed E-state index contributed by atoms with van der Waals surface area (Å²) in [7, 11) is 0. The van der Waals surface area contributed by atoms with Gasteiger partial charge in [-0.3, -0.25) is 0 Å². The summed E-state index contributed by atoms with van der Waals surface area (Å²) in [5, 5.41) is 11.1. The van der Waals surface area contributed by atoms with Gasteiger partial charge >= 0.3 is 0 Å². The maximum atomic E-state index is 10.2. The van der Waals surface area contributed by atoms with Crippen LogP contribution in [0.2, 0.25) is 0 Å². The van der Waals surface area contributed by atoms with E-state index in [1.54, 1.807) is 13.8 Å². The van der Waals surface area contributed by atoms with Gasteiger partial charge in [-0.2, -0.15) is 0 Å². The Morgan fingerprint density at radius 1 is 1.29 bits per heavy atom. The van der Waals surface area contributed by atoms with Gasteiger partial charge in [-0.25, -0.2) is 9.97 Å². The van der Waals surface area contributed by atoms with Crippen molar-refractivity contribution in [3.63, 3.8) is 0 Å². The van der Waals surface area contributed by atoms with Gasteiger partial charge in [0.1, 0.15) is 11.3 Å². The van der Waals surface area contributed by atoms with Gasteiger partial charge < -0.3 is 15.4 Å². The van der Waals surface area contributed by atoms with Crippen molar-refractivity contribution in [3.8, 4) is 0 Å². The molecule has 0 amide bonds. The summed E-state index contributed by atoms with van der Waals surface area (Å²) in [6.07, 6.45) is 0. The van der Waals surface area contributed by atoms with Crippen LogP contribution in [0, 0.1) is 0 Å². The lowest BCUT2D eigenvalue weighted by molar-refractivity contribution is 0.0620. The molecule has 0 aliphatic carbocycles. The van der Waals surface area contributed by atoms with Crippen LogP contribution in [0.25, 0.3) is 21.9 Å². The topological polar surface area (TPSA) is 77.0 Å². The van der Waals surface area contributed by atoms with Crippen molar-refractivity contribution in [2.75, 3.05) is 5.73 Å². The fraction of sp³-hybridized carbons (Fsp3) is 0.333. The van der Waals surface area contributed by atoms with Crippen molar-refractivity contribution in [3.05, 3.63) is 30.1 Å². The highest BCUT2D eigenvalue weighted by Gasteiger charge is 2.21. The molecule has 0 aliphatic rings. The van der Waals surface area contributed by atoms with E-state index in [-0.39, 0.29) is 5.88 Å². The Kier molecular flexibility index (Phi) is 3.26. The minimum atomic E-state index is -0.881. The molecule has 0 saturated heterocycles. The fourth-order valence-corrected chi connectivity index (χ4v) is 2.77. The van der Waals surface area contributed by atoms with Gasteiger partial charge in [-0.1, -0.05) is 18.2 Å². The number of nitrogens with zero attached hydrogens (tertiary/aromatic N) is 3. The third-order valence-corrected chi connectivity index (χ3v) is 3.59. The van der Waals surface area contributed by atoms with Crippen LogP contribution < -0.4 is 5.73 Å². The molecule has 2 aromatic heterocycles. The number of rotatable bonds is 3. The molecule has 0 bridgehead atoms. The van der Waals surface area contributed by atoms with Crippen molar-refractivity contribution in [1.82, 2.24) is 14.5 Å². The van der Waals surface area contributed by atoms with E-state index in [4.69, 9.17) is 17.3 Å². The number of fused-ring (bicyclic) bond motifs is 3. The van der Waals surface area contributed by atoms with Crippen LogP contribution in [0.5, 0.6) is 0 Å². The molecule has 0 saturated carbocycles. The molecule has 0 spiro atoms. The summed E-state index contributed by atoms with van der Waals surface area (Å²) in [4.78, 5) is 8.88. The predicted octanol–water partition coefficient (Wildman–Crippen LogP) is 2.68. The summed E-state index contributed by atoms with van der Waals surface area (Å²) < 4.78 is 1.93. The molecule has 0 unspecified atom stereocenters. The van der Waals surface area contributed by atoms with Gasteiger partial charge in [0.2, 0.25) is 0 Å². The molecule has 1 aromatic carbocycles. The quantitative estimate of drug-likeness (QED) is 0.729. The highest BCUT2D eigenvalue weighted by atomic mass is 35.5. The molecule has 21 heavy (non-hydrogen) atoms. The molecule has 0 atom stereocenters. The van der Waals surface area contributed by atoms with Crippen molar-refractivity contribution in [1.29, 1.82) is 0 Å². The van der Waals surface area contributed by atoms with Gasteiger partial charge in [0, 0.05) is 5.39 Å². The van der Waals surface area contributed by atoms with Gasteiger partial charge in [0.25, 0.3) is 0 Å². The molecule has 0 aliphatic heterocycles. The van der Waals surface area contributed by atoms with Crippen LogP contribution in [-0.2, 0) is 12.4 Å². The molecular formula is C15H17ClN4O. The molecule has 6 heteroatoms. The number of nitrogen functional groups attached to an aromatic ring is 1. The lowest BCUT2D eigenvalue weighted by atomic mass is 10.1. The SMILES string of the molecule is CC(C)(O)Cn1c(CCl)nc2c(N)nc3ccccc3c21. The standard InChI is InChI=1S/C15H17ClN4O/c1-15(2,21)8-20-11(7-16)19-12-13(20)9-5-3-4-6-10(9)18-14(12)17/h3-6,21H,7-8H2,1-2H3,(H2,17,18). The second kappa shape index (κ2) is 4.86. The molecular weight excluding hydrogens is 288 g/mol. The third-order valence-electron chi connectivity index (χ3n) is 3.35. The highest BCUT2D eigenvalue weighted by Crippen LogP contribution is 2.30. The Labute approximate surface area is 127 Å². The van der Waals surface area contributed by atoms with Crippen molar-refractivity contribution < 1.29 is 5.11 Å². The maximum absolute atomic E-state index is 10.2. The van der Waals surface area contributed by atoms with E-state index in [9.17, 15) is 5.11 Å². The molecule has 0 fully saturated rings. The Bertz CT molecular complexity index is 820. The number of para-hydroxylation sites is 1. The number of aromatic nitrogens is 3. The number of anilines is 1. The molecule has 3 aromatic rings. The molecule has 5 nitrogen and oxygen atoms in total. The first-order chi connectivity index (χ1) is 9.90. The van der Waals surface area contributed by atoms with Crippen LogP contribution in [0.4, 0.5) is 5.82 Å². The summed E-state index contributed by atoms with van der Waals surface area (Å²) in [5.41, 5.74) is 7.46. The summed E-state index contributed by atoms with van der Waals surface area (Å²) in [6, 6.07) is 7.75. The highest BCUT2D eigenvalue weighted by molar-refractivity contribution is 6.17. The molecule has 0 radical (unpaired) electrons. The lowest BCUT2D eigenvalue weighted by Crippen LogP contribution is -2.27. The van der Waals surface area contributed by atoms with Gasteiger partial charge in [-0.05, 0) is 19.9 Å². The van der Waals surface area contributed by atoms with E-state index < -0.39 is 5.60 Å². The Balaban J connectivity index is 2.43. The average Bonchev–Trinajstić information content (AvgIpc) is 2.76. The first-order valence-corrected chi connectivity index (χ1v) is 7.26. The fourth-order valence-electron chi connectivity index (χ4n) is 2.56. The second-order valence-electron chi connectivity index (χ2n) is 5.77. The van der Waals surface area contributed by atoms with E-state index in [1.165, 1.54) is 0 Å². The van der Waals surface area contributed by atoms with Gasteiger partial charge in [0.05, 0.1) is 29.1 Å². The number of benzene rings is 1. The number of imidazole rings is 1. The van der Waals surface area contributed by atoms with E-state index >= 15 is 0 Å². The monoisotopic (exact) mass is 304 g/mol. The van der Waals surface area contributed by atoms with Crippen LogP contribution in [-0.4, -0.2) is 25.2 Å². The van der Waals surface area contributed by atoms with Crippen LogP contribution in [0.1, 0.15) is 19.7 Å². The van der Waals surface area contributed by atoms with Crippen molar-refractivity contribution >= 4 is 39.4 Å². The molecule has 2 heterocycles. The number of hydrogen-bond acceptors (Lipinski definition) is 4. The first kappa shape index (κ1) is 14.1. The molecule has 3 N–H and O–H groups in total. The summed E-state index contributed by atoms with van der Waals surface area (Å²) in [6.45, 7) is 3.90. The Morgan fingerprint density at radius 2 is 2.00 bits per heavy atom. The lowest BCUT2D eigenvalue weighted by Gasteiger charge is -2.20.